The second kappa shape index (κ2) is 18.1. The fourth-order valence-corrected chi connectivity index (χ4v) is 7.74. The molecule has 0 heterocycles. The van der Waals surface area contributed by atoms with Crippen LogP contribution < -0.4 is 5.73 Å². The Morgan fingerprint density at radius 2 is 1.07 bits per heavy atom. The van der Waals surface area contributed by atoms with E-state index >= 15 is 0 Å². The largest absolute Gasteiger partial charge is 0.398 e. The van der Waals surface area contributed by atoms with Gasteiger partial charge in [0.1, 0.15) is 0 Å². The number of aryl methyl sites for hydroxylation is 1. The van der Waals surface area contributed by atoms with Gasteiger partial charge in [-0.1, -0.05) is 219 Å². The maximum Gasteiger partial charge on any atom is 0.0704 e. The quantitative estimate of drug-likeness (QED) is 0.0714. The molecule has 7 aromatic rings. The highest BCUT2D eigenvalue weighted by molar-refractivity contribution is 6.12. The highest BCUT2D eigenvalue weighted by Gasteiger charge is 2.40. The molecule has 0 amide bonds. The van der Waals surface area contributed by atoms with Crippen molar-refractivity contribution in [1.82, 2.24) is 0 Å². The van der Waals surface area contributed by atoms with Gasteiger partial charge in [-0.15, -0.1) is 0 Å². The van der Waals surface area contributed by atoms with Crippen LogP contribution in [0.4, 0.5) is 0 Å². The van der Waals surface area contributed by atoms with Crippen LogP contribution >= 0.6 is 0 Å². The van der Waals surface area contributed by atoms with Gasteiger partial charge in [0.2, 0.25) is 0 Å². The fourth-order valence-electron chi connectivity index (χ4n) is 7.74. The van der Waals surface area contributed by atoms with Crippen LogP contribution in [0.3, 0.4) is 0 Å². The first kappa shape index (κ1) is 38.3. The first-order valence-corrected chi connectivity index (χ1v) is 19.5. The first-order valence-electron chi connectivity index (χ1n) is 19.5. The lowest BCUT2D eigenvalue weighted by molar-refractivity contribution is 0.737. The third-order valence-electron chi connectivity index (χ3n) is 10.5. The molecule has 0 saturated heterocycles. The van der Waals surface area contributed by atoms with Gasteiger partial charge in [-0.2, -0.15) is 0 Å². The van der Waals surface area contributed by atoms with Gasteiger partial charge in [0, 0.05) is 5.70 Å². The Balaban J connectivity index is 1.16. The van der Waals surface area contributed by atoms with Crippen LogP contribution in [0, 0.1) is 6.92 Å². The summed E-state index contributed by atoms with van der Waals surface area (Å²) in [5.74, 6) is 0. The van der Waals surface area contributed by atoms with Crippen LogP contribution in [0.5, 0.6) is 0 Å². The van der Waals surface area contributed by atoms with E-state index in [1.165, 1.54) is 44.5 Å². The van der Waals surface area contributed by atoms with Crippen LogP contribution in [0.2, 0.25) is 0 Å². The third-order valence-corrected chi connectivity index (χ3v) is 10.5. The van der Waals surface area contributed by atoms with E-state index in [9.17, 15) is 0 Å². The van der Waals surface area contributed by atoms with E-state index in [1.807, 2.05) is 60.7 Å². The third kappa shape index (κ3) is 8.47. The van der Waals surface area contributed by atoms with Crippen LogP contribution in [0.1, 0.15) is 45.9 Å². The Bertz CT molecular complexity index is 2490. The molecule has 0 unspecified atom stereocenters. The SMILES string of the molecule is C=C/C=C(\C=C/C)C(c1ccccc1)(c1ccccc1)c1ccc(-c2ccc(-c3ccc(CN=C(/C=C(\N)c4ccccc4)c4ccccc4)cc3)cc2)cc1C. The summed E-state index contributed by atoms with van der Waals surface area (Å²) in [5, 5.41) is 0. The number of hydrogen-bond acceptors (Lipinski definition) is 2. The molecule has 57 heavy (non-hydrogen) atoms. The van der Waals surface area contributed by atoms with Crippen LogP contribution in [0.25, 0.3) is 28.0 Å². The molecule has 0 aliphatic rings. The maximum atomic E-state index is 6.51. The minimum absolute atomic E-state index is 0.539. The van der Waals surface area contributed by atoms with Crippen molar-refractivity contribution in [3.63, 3.8) is 0 Å². The van der Waals surface area contributed by atoms with Gasteiger partial charge in [0.25, 0.3) is 0 Å². The normalized spacial score (nSPS) is 12.5. The zero-order valence-corrected chi connectivity index (χ0v) is 32.7. The first-order chi connectivity index (χ1) is 28.0. The van der Waals surface area contributed by atoms with Crippen molar-refractivity contribution in [2.24, 2.45) is 10.7 Å². The number of rotatable bonds is 13. The Kier molecular flexibility index (Phi) is 12.1. The molecule has 0 atom stereocenters. The molecule has 0 radical (unpaired) electrons. The number of hydrogen-bond donors (Lipinski definition) is 1. The van der Waals surface area contributed by atoms with E-state index in [4.69, 9.17) is 10.7 Å². The van der Waals surface area contributed by atoms with Gasteiger partial charge in [0.05, 0.1) is 17.7 Å². The lowest BCUT2D eigenvalue weighted by atomic mass is 9.63. The second-order valence-corrected chi connectivity index (χ2v) is 14.2. The predicted octanol–water partition coefficient (Wildman–Crippen LogP) is 13.3. The highest BCUT2D eigenvalue weighted by Crippen LogP contribution is 2.47. The van der Waals surface area contributed by atoms with E-state index in [0.29, 0.717) is 12.2 Å². The standard InChI is InChI=1S/C55H48N2/c1-4-18-49(19-5-2)55(50-24-14-8-15-25-50,51-26-16-9-17-27-51)52-37-36-48(38-41(52)3)45-34-32-44(33-35-45)43-30-28-42(29-31-43)40-57-54(47-22-12-7-13-23-47)39-53(56)46-20-10-6-11-21-46/h4-39H,1,40,56H2,2-3H3/b19-5-,49-18+,53-39-,57-54?. The van der Waals surface area contributed by atoms with Crippen molar-refractivity contribution >= 4 is 11.4 Å². The number of benzene rings is 7. The van der Waals surface area contributed by atoms with Gasteiger partial charge in [-0.05, 0) is 86.7 Å². The van der Waals surface area contributed by atoms with Crippen molar-refractivity contribution in [1.29, 1.82) is 0 Å². The van der Waals surface area contributed by atoms with E-state index in [0.717, 1.165) is 28.0 Å². The summed E-state index contributed by atoms with van der Waals surface area (Å²) in [4.78, 5) is 5.02. The maximum absolute atomic E-state index is 6.51. The Morgan fingerprint density at radius 3 is 1.58 bits per heavy atom. The van der Waals surface area contributed by atoms with E-state index in [-0.39, 0.29) is 0 Å². The molecule has 2 nitrogen and oxygen atoms in total. The number of aliphatic imine (C=N–C) groups is 1. The van der Waals surface area contributed by atoms with Crippen molar-refractivity contribution in [2.75, 3.05) is 0 Å². The van der Waals surface area contributed by atoms with Crippen molar-refractivity contribution in [2.45, 2.75) is 25.8 Å². The number of nitrogens with two attached hydrogens (primary N) is 1. The molecule has 0 bridgehead atoms. The molecule has 0 spiro atoms. The average Bonchev–Trinajstić information content (AvgIpc) is 3.27. The average molecular weight is 737 g/mol. The summed E-state index contributed by atoms with van der Waals surface area (Å²) in [6.07, 6.45) is 10.4. The van der Waals surface area contributed by atoms with Gasteiger partial charge in [-0.25, -0.2) is 0 Å². The summed E-state index contributed by atoms with van der Waals surface area (Å²) in [6.45, 7) is 8.97. The van der Waals surface area contributed by atoms with Crippen molar-refractivity contribution < 1.29 is 0 Å². The molecular formula is C55H48N2. The minimum atomic E-state index is -0.539. The van der Waals surface area contributed by atoms with Gasteiger partial charge >= 0.3 is 0 Å². The van der Waals surface area contributed by atoms with E-state index in [1.54, 1.807) is 0 Å². The molecular weight excluding hydrogens is 689 g/mol. The molecule has 7 rings (SSSR count). The zero-order chi connectivity index (χ0) is 39.5. The summed E-state index contributed by atoms with van der Waals surface area (Å²) < 4.78 is 0. The monoisotopic (exact) mass is 736 g/mol. The lowest BCUT2D eigenvalue weighted by Crippen LogP contribution is -2.32. The number of allylic oxidation sites excluding steroid dienone is 6. The highest BCUT2D eigenvalue weighted by atomic mass is 14.7. The second-order valence-electron chi connectivity index (χ2n) is 14.2. The zero-order valence-electron chi connectivity index (χ0n) is 32.7. The van der Waals surface area contributed by atoms with Gasteiger partial charge < -0.3 is 5.73 Å². The molecule has 2 N–H and O–H groups in total. The summed E-state index contributed by atoms with van der Waals surface area (Å²) in [5.41, 5.74) is 21.4. The molecule has 2 heteroatoms. The molecule has 0 fully saturated rings. The van der Waals surface area contributed by atoms with Crippen molar-refractivity contribution in [3.05, 3.63) is 270 Å². The van der Waals surface area contributed by atoms with Gasteiger partial charge in [0.15, 0.2) is 0 Å². The Hall–Kier alpha value is -7.03. The van der Waals surface area contributed by atoms with Crippen molar-refractivity contribution in [3.8, 4) is 22.3 Å². The van der Waals surface area contributed by atoms with E-state index < -0.39 is 5.41 Å². The van der Waals surface area contributed by atoms with Crippen LogP contribution in [-0.4, -0.2) is 5.71 Å². The summed E-state index contributed by atoms with van der Waals surface area (Å²) >= 11 is 0. The predicted molar refractivity (Wildman–Crippen MR) is 243 cm³/mol. The molecule has 0 aliphatic carbocycles. The van der Waals surface area contributed by atoms with E-state index in [2.05, 4.69) is 178 Å². The van der Waals surface area contributed by atoms with Crippen LogP contribution in [-0.2, 0) is 12.0 Å². The molecule has 278 valence electrons. The molecule has 0 aliphatic heterocycles. The number of nitrogens with zero attached hydrogens (tertiary/aromatic N) is 1. The van der Waals surface area contributed by atoms with Crippen LogP contribution in [0.15, 0.2) is 236 Å². The topological polar surface area (TPSA) is 38.4 Å². The summed E-state index contributed by atoms with van der Waals surface area (Å²) in [6, 6.07) is 66.3. The molecule has 0 saturated carbocycles. The Morgan fingerprint density at radius 1 is 0.596 bits per heavy atom. The molecule has 0 aromatic heterocycles. The Labute approximate surface area is 338 Å². The summed E-state index contributed by atoms with van der Waals surface area (Å²) in [7, 11) is 0. The fraction of sp³-hybridized carbons (Fsp3) is 0.0727. The smallest absolute Gasteiger partial charge is 0.0704 e. The lowest BCUT2D eigenvalue weighted by Gasteiger charge is -2.39. The minimum Gasteiger partial charge on any atom is -0.398 e. The van der Waals surface area contributed by atoms with Gasteiger partial charge in [-0.3, -0.25) is 4.99 Å². The molecule has 7 aromatic carbocycles.